The molecule has 7 nitrogen and oxygen atoms in total. The Kier molecular flexibility index (Phi) is 7.71. The van der Waals surface area contributed by atoms with Gasteiger partial charge in [-0.15, -0.1) is 0 Å². The molecule has 0 heterocycles. The van der Waals surface area contributed by atoms with Crippen LogP contribution in [-0.4, -0.2) is 51.6 Å². The lowest BCUT2D eigenvalue weighted by Crippen LogP contribution is -2.25. The van der Waals surface area contributed by atoms with Crippen molar-refractivity contribution in [3.8, 4) is 0 Å². The van der Waals surface area contributed by atoms with Gasteiger partial charge in [0, 0.05) is 6.42 Å². The number of carboxylic acids is 1. The third-order valence-electron chi connectivity index (χ3n) is 3.14. The van der Waals surface area contributed by atoms with Crippen molar-refractivity contribution >= 4 is 43.1 Å². The fourth-order valence-electron chi connectivity index (χ4n) is 1.86. The van der Waals surface area contributed by atoms with Crippen LogP contribution in [0.2, 0.25) is 5.02 Å². The lowest BCUT2D eigenvalue weighted by molar-refractivity contribution is 0.0692. The van der Waals surface area contributed by atoms with Gasteiger partial charge < -0.3 is 5.11 Å². The number of carboxylic acid groups (broad SMARTS) is 1. The first-order chi connectivity index (χ1) is 11.9. The largest absolute Gasteiger partial charge is 0.478 e. The van der Waals surface area contributed by atoms with Crippen LogP contribution in [0, 0.1) is 5.82 Å². The number of anilines is 1. The smallest absolute Gasteiger partial charge is 0.340 e. The van der Waals surface area contributed by atoms with Gasteiger partial charge >= 0.3 is 5.97 Å². The molecule has 0 aromatic heterocycles. The average molecular weight is 438 g/mol. The van der Waals surface area contributed by atoms with Gasteiger partial charge in [0.1, 0.15) is 11.4 Å². The van der Waals surface area contributed by atoms with E-state index in [1.165, 1.54) is 0 Å². The number of sulfone groups is 1. The predicted molar refractivity (Wildman–Crippen MR) is 89.7 cm³/mol. The van der Waals surface area contributed by atoms with Crippen LogP contribution in [0.4, 0.5) is 18.9 Å². The third kappa shape index (κ3) is 6.02. The normalized spacial score (nSPS) is 13.4. The minimum atomic E-state index is -4.32. The quantitative estimate of drug-likeness (QED) is 0.580. The standard InChI is InChI=1S/C13H15ClF3NO6S2/c14-12-9(3-2-8(16)11(12)13(19)20)18-26(23,24)7-4-10(17)25(21,22)6-1-5-15/h2-3,10,18H,1,4-7H2,(H,19,20). The van der Waals surface area contributed by atoms with Gasteiger partial charge in [0.2, 0.25) is 15.5 Å². The van der Waals surface area contributed by atoms with E-state index in [4.69, 9.17) is 16.7 Å². The number of halogens is 4. The molecular weight excluding hydrogens is 423 g/mol. The highest BCUT2D eigenvalue weighted by Crippen LogP contribution is 2.29. The van der Waals surface area contributed by atoms with E-state index in [1.807, 2.05) is 4.72 Å². The van der Waals surface area contributed by atoms with Gasteiger partial charge in [-0.25, -0.2) is 30.4 Å². The van der Waals surface area contributed by atoms with Crippen LogP contribution in [0.15, 0.2) is 12.1 Å². The Bertz CT molecular complexity index is 876. The maximum absolute atomic E-state index is 13.7. The maximum atomic E-state index is 13.7. The van der Waals surface area contributed by atoms with Gasteiger partial charge in [0.05, 0.1) is 28.9 Å². The Labute approximate surface area is 153 Å². The fourth-order valence-corrected chi connectivity index (χ4v) is 4.71. The molecule has 1 atom stereocenters. The zero-order chi connectivity index (χ0) is 20.1. The topological polar surface area (TPSA) is 118 Å². The fraction of sp³-hybridized carbons (Fsp3) is 0.462. The van der Waals surface area contributed by atoms with Crippen LogP contribution in [0.5, 0.6) is 0 Å². The summed E-state index contributed by atoms with van der Waals surface area (Å²) < 4.78 is 87.8. The van der Waals surface area contributed by atoms with Crippen molar-refractivity contribution in [3.05, 3.63) is 28.5 Å². The van der Waals surface area contributed by atoms with Crippen LogP contribution in [-0.2, 0) is 19.9 Å². The zero-order valence-corrected chi connectivity index (χ0v) is 15.5. The lowest BCUT2D eigenvalue weighted by Gasteiger charge is -2.13. The number of nitrogens with one attached hydrogen (secondary N) is 1. The first-order valence-corrected chi connectivity index (χ1v) is 10.8. The molecule has 1 rings (SSSR count). The Morgan fingerprint density at radius 2 is 1.85 bits per heavy atom. The molecule has 0 aliphatic carbocycles. The summed E-state index contributed by atoms with van der Waals surface area (Å²) in [5.41, 5.74) is -3.92. The second-order valence-electron chi connectivity index (χ2n) is 5.12. The van der Waals surface area contributed by atoms with Crippen molar-refractivity contribution in [3.63, 3.8) is 0 Å². The number of carbonyl (C=O) groups is 1. The summed E-state index contributed by atoms with van der Waals surface area (Å²) in [5, 5.41) is 8.15. The molecule has 26 heavy (non-hydrogen) atoms. The molecule has 0 aliphatic rings. The summed E-state index contributed by atoms with van der Waals surface area (Å²) in [5.74, 6) is -4.65. The number of alkyl halides is 2. The van der Waals surface area contributed by atoms with Crippen molar-refractivity contribution in [2.75, 3.05) is 22.9 Å². The van der Waals surface area contributed by atoms with E-state index in [2.05, 4.69) is 0 Å². The average Bonchev–Trinajstić information content (AvgIpc) is 2.53. The highest BCUT2D eigenvalue weighted by Gasteiger charge is 2.27. The minimum absolute atomic E-state index is 0.406. The summed E-state index contributed by atoms with van der Waals surface area (Å²) in [6, 6.07) is 1.54. The van der Waals surface area contributed by atoms with Crippen LogP contribution in [0.25, 0.3) is 0 Å². The first-order valence-electron chi connectivity index (χ1n) is 7.04. The lowest BCUT2D eigenvalue weighted by atomic mass is 10.2. The van der Waals surface area contributed by atoms with Crippen molar-refractivity contribution in [2.24, 2.45) is 0 Å². The molecular formula is C13H15ClF3NO6S2. The molecule has 1 aromatic carbocycles. The van der Waals surface area contributed by atoms with Gasteiger partial charge in [0.25, 0.3) is 0 Å². The van der Waals surface area contributed by atoms with Crippen molar-refractivity contribution < 1.29 is 39.9 Å². The Morgan fingerprint density at radius 1 is 1.23 bits per heavy atom. The number of hydrogen-bond donors (Lipinski definition) is 2. The van der Waals surface area contributed by atoms with E-state index in [9.17, 15) is 34.8 Å². The molecule has 0 bridgehead atoms. The number of rotatable bonds is 10. The van der Waals surface area contributed by atoms with E-state index < -0.39 is 84.4 Å². The van der Waals surface area contributed by atoms with Gasteiger partial charge in [-0.1, -0.05) is 11.6 Å². The highest BCUT2D eigenvalue weighted by molar-refractivity contribution is 7.93. The van der Waals surface area contributed by atoms with Gasteiger partial charge in [-0.2, -0.15) is 0 Å². The van der Waals surface area contributed by atoms with E-state index >= 15 is 0 Å². The predicted octanol–water partition coefficient (Wildman–Crippen LogP) is 2.38. The molecule has 1 unspecified atom stereocenters. The Balaban J connectivity index is 2.88. The first kappa shape index (κ1) is 22.5. The van der Waals surface area contributed by atoms with Crippen LogP contribution >= 0.6 is 11.6 Å². The maximum Gasteiger partial charge on any atom is 0.340 e. The monoisotopic (exact) mass is 437 g/mol. The molecule has 148 valence electrons. The molecule has 0 fully saturated rings. The summed E-state index contributed by atoms with van der Waals surface area (Å²) >= 11 is 5.65. The number of hydrogen-bond acceptors (Lipinski definition) is 5. The molecule has 0 aliphatic heterocycles. The van der Waals surface area contributed by atoms with E-state index in [-0.39, 0.29) is 0 Å². The molecule has 0 saturated heterocycles. The van der Waals surface area contributed by atoms with Crippen molar-refractivity contribution in [1.82, 2.24) is 0 Å². The molecule has 2 N–H and O–H groups in total. The van der Waals surface area contributed by atoms with Gasteiger partial charge in [-0.05, 0) is 18.6 Å². The second-order valence-corrected chi connectivity index (χ2v) is 9.58. The van der Waals surface area contributed by atoms with Gasteiger partial charge in [0.15, 0.2) is 9.84 Å². The summed E-state index contributed by atoms with van der Waals surface area (Å²) in [6.45, 7) is -0.958. The summed E-state index contributed by atoms with van der Waals surface area (Å²) in [4.78, 5) is 10.9. The van der Waals surface area contributed by atoms with E-state index in [1.54, 1.807) is 0 Å². The van der Waals surface area contributed by atoms with E-state index in [0.717, 1.165) is 6.07 Å². The molecule has 0 amide bonds. The molecule has 0 radical (unpaired) electrons. The van der Waals surface area contributed by atoms with Crippen LogP contribution in [0.1, 0.15) is 23.2 Å². The Hall–Kier alpha value is -1.53. The van der Waals surface area contributed by atoms with Crippen molar-refractivity contribution in [2.45, 2.75) is 18.3 Å². The van der Waals surface area contributed by atoms with Gasteiger partial charge in [-0.3, -0.25) is 9.11 Å². The number of benzene rings is 1. The van der Waals surface area contributed by atoms with Crippen molar-refractivity contribution in [1.29, 1.82) is 0 Å². The minimum Gasteiger partial charge on any atom is -0.478 e. The number of sulfonamides is 1. The molecule has 0 spiro atoms. The zero-order valence-electron chi connectivity index (χ0n) is 13.1. The SMILES string of the molecule is O=C(O)c1c(F)ccc(NS(=O)(=O)CCC(F)S(=O)(=O)CCCF)c1Cl. The van der Waals surface area contributed by atoms with Crippen LogP contribution < -0.4 is 4.72 Å². The molecule has 1 aromatic rings. The third-order valence-corrected chi connectivity index (χ3v) is 6.71. The summed E-state index contributed by atoms with van der Waals surface area (Å²) in [6.07, 6.45) is -1.33. The molecule has 0 saturated carbocycles. The highest BCUT2D eigenvalue weighted by atomic mass is 35.5. The number of aromatic carboxylic acids is 1. The molecule has 13 heteroatoms. The Morgan fingerprint density at radius 3 is 2.38 bits per heavy atom. The summed E-state index contributed by atoms with van der Waals surface area (Å²) in [7, 11) is -8.62. The van der Waals surface area contributed by atoms with Crippen LogP contribution in [0.3, 0.4) is 0 Å². The second kappa shape index (κ2) is 8.91. The van der Waals surface area contributed by atoms with E-state index in [0.29, 0.717) is 6.07 Å².